The molecule has 30 heavy (non-hydrogen) atoms. The number of aromatic nitrogens is 2. The molecule has 0 saturated carbocycles. The molecule has 1 heterocycles. The van der Waals surface area contributed by atoms with Crippen LogP contribution in [0.3, 0.4) is 0 Å². The van der Waals surface area contributed by atoms with Gasteiger partial charge < -0.3 is 4.74 Å². The number of rotatable bonds is 15. The molecule has 0 N–H and O–H groups in total. The van der Waals surface area contributed by atoms with Crippen molar-refractivity contribution in [2.24, 2.45) is 0 Å². The van der Waals surface area contributed by atoms with Crippen LogP contribution in [0.25, 0.3) is 11.4 Å². The number of benzene rings is 1. The highest BCUT2D eigenvalue weighted by Gasteiger charge is 2.12. The van der Waals surface area contributed by atoms with E-state index in [1.54, 1.807) is 6.07 Å². The predicted molar refractivity (Wildman–Crippen MR) is 119 cm³/mol. The largest absolute Gasteiger partial charge is 0.487 e. The third-order valence-corrected chi connectivity index (χ3v) is 5.25. The van der Waals surface area contributed by atoms with Crippen LogP contribution in [0, 0.1) is 5.82 Å². The number of hydrogen-bond acceptors (Lipinski definition) is 3. The van der Waals surface area contributed by atoms with Gasteiger partial charge in [-0.3, -0.25) is 0 Å². The summed E-state index contributed by atoms with van der Waals surface area (Å²) in [4.78, 5) is 8.76. The number of ether oxygens (including phenoxy) is 1. The van der Waals surface area contributed by atoms with Gasteiger partial charge in [0.25, 0.3) is 0 Å². The zero-order valence-electron chi connectivity index (χ0n) is 18.5. The molecule has 0 aliphatic heterocycles. The van der Waals surface area contributed by atoms with Crippen LogP contribution in [-0.4, -0.2) is 22.7 Å². The second-order valence-corrected chi connectivity index (χ2v) is 7.98. The number of nitrogens with zero attached hydrogens (tertiary/aromatic N) is 2. The van der Waals surface area contributed by atoms with E-state index in [9.17, 15) is 8.78 Å². The van der Waals surface area contributed by atoms with Crippen molar-refractivity contribution in [3.05, 3.63) is 42.0 Å². The first kappa shape index (κ1) is 24.2. The topological polar surface area (TPSA) is 35.0 Å². The van der Waals surface area contributed by atoms with Crippen LogP contribution in [0.5, 0.6) is 5.75 Å². The molecule has 0 spiro atoms. The highest BCUT2D eigenvalue weighted by molar-refractivity contribution is 5.56. The van der Waals surface area contributed by atoms with E-state index in [4.69, 9.17) is 4.74 Å². The van der Waals surface area contributed by atoms with E-state index in [1.807, 2.05) is 12.4 Å². The summed E-state index contributed by atoms with van der Waals surface area (Å²) in [6, 6.07) is 4.59. The number of aryl methyl sites for hydroxylation is 1. The highest BCUT2D eigenvalue weighted by Crippen LogP contribution is 2.24. The first-order valence-corrected chi connectivity index (χ1v) is 11.5. The van der Waals surface area contributed by atoms with Gasteiger partial charge in [0, 0.05) is 18.0 Å². The van der Waals surface area contributed by atoms with Gasteiger partial charge in [0.1, 0.15) is 12.8 Å². The van der Waals surface area contributed by atoms with Crippen LogP contribution < -0.4 is 4.74 Å². The Morgan fingerprint density at radius 1 is 0.900 bits per heavy atom. The molecular weight excluding hydrogens is 382 g/mol. The summed E-state index contributed by atoms with van der Waals surface area (Å²) in [5.74, 6) is 0.0300. The first-order valence-electron chi connectivity index (χ1n) is 11.5. The minimum absolute atomic E-state index is 0.0682. The minimum Gasteiger partial charge on any atom is -0.487 e. The quantitative estimate of drug-likeness (QED) is 0.281. The molecule has 0 fully saturated rings. The Morgan fingerprint density at radius 2 is 1.57 bits per heavy atom. The van der Waals surface area contributed by atoms with Gasteiger partial charge in [0.2, 0.25) is 0 Å². The second kappa shape index (κ2) is 14.1. The van der Waals surface area contributed by atoms with Crippen molar-refractivity contribution in [1.29, 1.82) is 0 Å². The van der Waals surface area contributed by atoms with E-state index in [-0.39, 0.29) is 12.4 Å². The lowest BCUT2D eigenvalue weighted by molar-refractivity contribution is 0.179. The van der Waals surface area contributed by atoms with E-state index in [0.29, 0.717) is 17.8 Å². The van der Waals surface area contributed by atoms with Crippen molar-refractivity contribution in [3.63, 3.8) is 0 Å². The molecule has 1 atom stereocenters. The van der Waals surface area contributed by atoms with Gasteiger partial charge in [-0.05, 0) is 43.0 Å². The van der Waals surface area contributed by atoms with Gasteiger partial charge in [-0.1, -0.05) is 65.2 Å². The number of halogens is 2. The molecule has 0 radical (unpaired) electrons. The van der Waals surface area contributed by atoms with Crippen LogP contribution >= 0.6 is 0 Å². The maximum Gasteiger partial charge on any atom is 0.165 e. The molecule has 1 aromatic carbocycles. The smallest absolute Gasteiger partial charge is 0.165 e. The van der Waals surface area contributed by atoms with Gasteiger partial charge in [0.05, 0.1) is 0 Å². The van der Waals surface area contributed by atoms with Crippen LogP contribution in [0.1, 0.15) is 83.6 Å². The predicted octanol–water partition coefficient (Wildman–Crippen LogP) is 7.48. The molecule has 166 valence electrons. The standard InChI is InChI=1S/C25H36F2N2O/c1-3-5-7-9-10-12-20-17-28-25(29-18-20)21-14-15-24(23(27)16-21)30-19-22(26)13-11-8-6-4-2/h14-18,22H,3-13,19H2,1-2H3/t22-/m0/s1. The lowest BCUT2D eigenvalue weighted by Gasteiger charge is -2.12. The molecule has 0 unspecified atom stereocenters. The van der Waals surface area contributed by atoms with Gasteiger partial charge >= 0.3 is 0 Å². The average molecular weight is 419 g/mol. The van der Waals surface area contributed by atoms with E-state index in [1.165, 1.54) is 37.8 Å². The first-order chi connectivity index (χ1) is 14.6. The maximum absolute atomic E-state index is 14.4. The Kier molecular flexibility index (Phi) is 11.3. The Hall–Kier alpha value is -2.04. The summed E-state index contributed by atoms with van der Waals surface area (Å²) < 4.78 is 33.6. The number of alkyl halides is 1. The lowest BCUT2D eigenvalue weighted by atomic mass is 10.1. The van der Waals surface area contributed by atoms with Gasteiger partial charge in [-0.15, -0.1) is 0 Å². The average Bonchev–Trinajstić information content (AvgIpc) is 2.76. The molecule has 0 amide bonds. The Balaban J connectivity index is 1.82. The van der Waals surface area contributed by atoms with Crippen LogP contribution in [0.2, 0.25) is 0 Å². The third kappa shape index (κ3) is 8.76. The summed E-state index contributed by atoms with van der Waals surface area (Å²) >= 11 is 0. The molecule has 0 saturated heterocycles. The molecular formula is C25H36F2N2O. The molecule has 0 aliphatic rings. The Labute approximate surface area is 180 Å². The molecule has 0 bridgehead atoms. The maximum atomic E-state index is 14.4. The monoisotopic (exact) mass is 418 g/mol. The zero-order chi connectivity index (χ0) is 21.6. The number of hydrogen-bond donors (Lipinski definition) is 0. The lowest BCUT2D eigenvalue weighted by Crippen LogP contribution is -2.13. The second-order valence-electron chi connectivity index (χ2n) is 7.98. The molecule has 1 aromatic heterocycles. The van der Waals surface area contributed by atoms with Crippen molar-refractivity contribution in [2.45, 2.75) is 90.6 Å². The third-order valence-electron chi connectivity index (χ3n) is 5.25. The van der Waals surface area contributed by atoms with Crippen molar-refractivity contribution in [2.75, 3.05) is 6.61 Å². The van der Waals surface area contributed by atoms with E-state index in [0.717, 1.165) is 44.1 Å². The molecule has 5 heteroatoms. The van der Waals surface area contributed by atoms with Crippen molar-refractivity contribution in [1.82, 2.24) is 9.97 Å². The normalized spacial score (nSPS) is 12.1. The van der Waals surface area contributed by atoms with Crippen LogP contribution in [0.15, 0.2) is 30.6 Å². The van der Waals surface area contributed by atoms with Gasteiger partial charge in [-0.25, -0.2) is 18.7 Å². The molecule has 2 rings (SSSR count). The highest BCUT2D eigenvalue weighted by atomic mass is 19.1. The SMILES string of the molecule is CCCCCCCc1cnc(-c2ccc(OC[C@@H](F)CCCCCC)c(F)c2)nc1. The molecule has 3 nitrogen and oxygen atoms in total. The summed E-state index contributed by atoms with van der Waals surface area (Å²) in [6.07, 6.45) is 14.2. The van der Waals surface area contributed by atoms with E-state index < -0.39 is 12.0 Å². The van der Waals surface area contributed by atoms with Gasteiger partial charge in [-0.2, -0.15) is 0 Å². The Morgan fingerprint density at radius 3 is 2.23 bits per heavy atom. The number of unbranched alkanes of at least 4 members (excludes halogenated alkanes) is 7. The fourth-order valence-electron chi connectivity index (χ4n) is 3.38. The fourth-order valence-corrected chi connectivity index (χ4v) is 3.38. The van der Waals surface area contributed by atoms with Crippen molar-refractivity contribution >= 4 is 0 Å². The molecule has 2 aromatic rings. The van der Waals surface area contributed by atoms with Crippen molar-refractivity contribution < 1.29 is 13.5 Å². The van der Waals surface area contributed by atoms with E-state index in [2.05, 4.69) is 23.8 Å². The van der Waals surface area contributed by atoms with Crippen LogP contribution in [-0.2, 0) is 6.42 Å². The Bertz CT molecular complexity index is 722. The van der Waals surface area contributed by atoms with Crippen molar-refractivity contribution in [3.8, 4) is 17.1 Å². The summed E-state index contributed by atoms with van der Waals surface area (Å²) in [5.41, 5.74) is 1.69. The summed E-state index contributed by atoms with van der Waals surface area (Å²) in [6.45, 7) is 4.21. The van der Waals surface area contributed by atoms with E-state index >= 15 is 0 Å². The summed E-state index contributed by atoms with van der Waals surface area (Å²) in [5, 5.41) is 0. The zero-order valence-corrected chi connectivity index (χ0v) is 18.5. The minimum atomic E-state index is -1.07. The van der Waals surface area contributed by atoms with Crippen LogP contribution in [0.4, 0.5) is 8.78 Å². The van der Waals surface area contributed by atoms with Gasteiger partial charge in [0.15, 0.2) is 17.4 Å². The fraction of sp³-hybridized carbons (Fsp3) is 0.600. The summed E-state index contributed by atoms with van der Waals surface area (Å²) in [7, 11) is 0. The molecule has 0 aliphatic carbocycles.